The molecule has 0 radical (unpaired) electrons. The molecule has 2 unspecified atom stereocenters. The molecule has 8 nitrogen and oxygen atoms in total. The summed E-state index contributed by atoms with van der Waals surface area (Å²) in [7, 11) is -3.17. The summed E-state index contributed by atoms with van der Waals surface area (Å²) in [6.07, 6.45) is 7.52. The van der Waals surface area contributed by atoms with Gasteiger partial charge in [0.25, 0.3) is 0 Å². The summed E-state index contributed by atoms with van der Waals surface area (Å²) in [5.74, 6) is 2.63. The lowest BCUT2D eigenvalue weighted by atomic mass is 9.91. The number of benzene rings is 3. The molecule has 0 spiro atoms. The third-order valence-electron chi connectivity index (χ3n) is 9.65. The highest BCUT2D eigenvalue weighted by Gasteiger charge is 2.49. The summed E-state index contributed by atoms with van der Waals surface area (Å²) < 4.78 is 60.5. The van der Waals surface area contributed by atoms with Crippen molar-refractivity contribution in [1.29, 1.82) is 0 Å². The number of aromatic hydroxyl groups is 1. The number of hydrogen-bond acceptors (Lipinski definition) is 8. The number of nitrogens with zero attached hydrogens (tertiary/aromatic N) is 4. The fourth-order valence-corrected chi connectivity index (χ4v) is 8.74. The number of alkyl halides is 1. The van der Waals surface area contributed by atoms with Crippen molar-refractivity contribution in [1.82, 2.24) is 14.9 Å². The number of phenols is 1. The SMILES string of the molecule is C#Cc1c(F)ccc2cc(O)cc(-c3ccc4c(N5CCCS(=O)(=O)CC5)nc(OCC56CCCN5CC(F)C6)nc4c3C)c12. The van der Waals surface area contributed by atoms with Crippen LogP contribution in [0.2, 0.25) is 0 Å². The van der Waals surface area contributed by atoms with Gasteiger partial charge in [0, 0.05) is 36.8 Å². The molecule has 3 aromatic carbocycles. The zero-order valence-corrected chi connectivity index (χ0v) is 25.8. The first-order chi connectivity index (χ1) is 21.6. The van der Waals surface area contributed by atoms with Gasteiger partial charge in [0.15, 0.2) is 9.84 Å². The van der Waals surface area contributed by atoms with Gasteiger partial charge in [-0.15, -0.1) is 6.42 Å². The standard InChI is InChI=1S/C34H34F2N4O4S/c1-3-25-29(36)9-6-22-16-24(41)17-28(30(22)25)26-7-8-27-31(21(26)2)37-33(38-32(27)39-11-5-14-45(42,43)15-13-39)44-20-34-10-4-12-40(34)19-23(35)18-34/h1,6-9,16-17,23,41H,4-5,10-15,18-20H2,2H3. The lowest BCUT2D eigenvalue weighted by Gasteiger charge is -2.31. The Morgan fingerprint density at radius 2 is 1.96 bits per heavy atom. The molecule has 3 saturated heterocycles. The van der Waals surface area contributed by atoms with Crippen molar-refractivity contribution in [3.8, 4) is 35.2 Å². The molecule has 3 aliphatic rings. The van der Waals surface area contributed by atoms with Gasteiger partial charge in [-0.3, -0.25) is 4.90 Å². The highest BCUT2D eigenvalue weighted by Crippen LogP contribution is 2.42. The molecule has 2 atom stereocenters. The summed E-state index contributed by atoms with van der Waals surface area (Å²) in [5.41, 5.74) is 2.25. The number of hydrogen-bond donors (Lipinski definition) is 1. The molecular weight excluding hydrogens is 598 g/mol. The van der Waals surface area contributed by atoms with Gasteiger partial charge in [-0.2, -0.15) is 9.97 Å². The molecule has 1 aromatic heterocycles. The first-order valence-corrected chi connectivity index (χ1v) is 17.1. The number of anilines is 1. The van der Waals surface area contributed by atoms with Crippen molar-refractivity contribution in [2.75, 3.05) is 49.2 Å². The molecule has 3 fully saturated rings. The molecule has 7 rings (SSSR count). The van der Waals surface area contributed by atoms with Crippen LogP contribution in [-0.4, -0.2) is 84.4 Å². The van der Waals surface area contributed by atoms with Crippen LogP contribution in [0.4, 0.5) is 14.6 Å². The van der Waals surface area contributed by atoms with Crippen molar-refractivity contribution in [3.63, 3.8) is 0 Å². The zero-order valence-electron chi connectivity index (χ0n) is 25.0. The third-order valence-corrected chi connectivity index (χ3v) is 11.4. The second-order valence-electron chi connectivity index (χ2n) is 12.5. The topological polar surface area (TPSA) is 95.9 Å². The van der Waals surface area contributed by atoms with Crippen LogP contribution in [0.5, 0.6) is 11.8 Å². The number of terminal acetylenes is 1. The quantitative estimate of drug-likeness (QED) is 0.302. The number of halogens is 2. The van der Waals surface area contributed by atoms with Crippen LogP contribution in [-0.2, 0) is 9.84 Å². The van der Waals surface area contributed by atoms with Gasteiger partial charge in [0.05, 0.1) is 28.1 Å². The van der Waals surface area contributed by atoms with E-state index in [1.807, 2.05) is 24.0 Å². The maximum absolute atomic E-state index is 14.9. The second-order valence-corrected chi connectivity index (χ2v) is 14.8. The van der Waals surface area contributed by atoms with E-state index in [4.69, 9.17) is 21.1 Å². The van der Waals surface area contributed by atoms with E-state index >= 15 is 0 Å². The summed E-state index contributed by atoms with van der Waals surface area (Å²) in [4.78, 5) is 13.8. The number of sulfone groups is 1. The van der Waals surface area contributed by atoms with Gasteiger partial charge in [0.1, 0.15) is 30.2 Å². The van der Waals surface area contributed by atoms with Crippen LogP contribution >= 0.6 is 0 Å². The first-order valence-electron chi connectivity index (χ1n) is 15.3. The van der Waals surface area contributed by atoms with Gasteiger partial charge in [-0.05, 0) is 79.1 Å². The normalized spacial score (nSPS) is 23.2. The third kappa shape index (κ3) is 5.24. The van der Waals surface area contributed by atoms with Crippen LogP contribution in [0.3, 0.4) is 0 Å². The van der Waals surface area contributed by atoms with E-state index in [-0.39, 0.29) is 42.0 Å². The molecule has 0 saturated carbocycles. The fraction of sp³-hybridized carbons (Fsp3) is 0.412. The van der Waals surface area contributed by atoms with Gasteiger partial charge >= 0.3 is 6.01 Å². The van der Waals surface area contributed by atoms with E-state index in [9.17, 15) is 22.3 Å². The summed E-state index contributed by atoms with van der Waals surface area (Å²) in [5, 5.41) is 12.4. The van der Waals surface area contributed by atoms with Crippen molar-refractivity contribution in [2.45, 2.75) is 44.3 Å². The number of phenolic OH excluding ortho intramolecular Hbond substituents is 1. The lowest BCUT2D eigenvalue weighted by Crippen LogP contribution is -2.43. The Balaban J connectivity index is 1.38. The highest BCUT2D eigenvalue weighted by atomic mass is 32.2. The molecule has 0 amide bonds. The molecule has 11 heteroatoms. The summed E-state index contributed by atoms with van der Waals surface area (Å²) >= 11 is 0. The minimum atomic E-state index is -3.17. The van der Waals surface area contributed by atoms with Crippen molar-refractivity contribution in [3.05, 3.63) is 53.3 Å². The molecular formula is C34H34F2N4O4S. The number of aromatic nitrogens is 2. The van der Waals surface area contributed by atoms with Gasteiger partial charge in [0.2, 0.25) is 0 Å². The van der Waals surface area contributed by atoms with E-state index in [1.54, 1.807) is 18.2 Å². The Morgan fingerprint density at radius 1 is 1.11 bits per heavy atom. The molecule has 234 valence electrons. The predicted molar refractivity (Wildman–Crippen MR) is 171 cm³/mol. The molecule has 4 heterocycles. The number of aryl methyl sites for hydroxylation is 1. The van der Waals surface area contributed by atoms with E-state index in [2.05, 4.69) is 10.8 Å². The zero-order chi connectivity index (χ0) is 31.5. The number of fused-ring (bicyclic) bond motifs is 3. The van der Waals surface area contributed by atoms with Gasteiger partial charge in [-0.1, -0.05) is 18.1 Å². The van der Waals surface area contributed by atoms with Crippen molar-refractivity contribution < 1.29 is 27.0 Å². The largest absolute Gasteiger partial charge is 0.508 e. The lowest BCUT2D eigenvalue weighted by molar-refractivity contribution is 0.107. The Morgan fingerprint density at radius 3 is 2.78 bits per heavy atom. The average molecular weight is 633 g/mol. The van der Waals surface area contributed by atoms with Crippen LogP contribution in [0, 0.1) is 25.1 Å². The smallest absolute Gasteiger partial charge is 0.319 e. The van der Waals surface area contributed by atoms with Crippen LogP contribution < -0.4 is 9.64 Å². The number of ether oxygens (including phenoxy) is 1. The Hall–Kier alpha value is -4.01. The highest BCUT2D eigenvalue weighted by molar-refractivity contribution is 7.91. The summed E-state index contributed by atoms with van der Waals surface area (Å²) in [6, 6.07) is 9.85. The maximum atomic E-state index is 14.9. The second kappa shape index (κ2) is 11.1. The number of rotatable bonds is 5. The predicted octanol–water partition coefficient (Wildman–Crippen LogP) is 5.16. The van der Waals surface area contributed by atoms with E-state index in [0.717, 1.165) is 24.9 Å². The average Bonchev–Trinajstić information content (AvgIpc) is 3.46. The van der Waals surface area contributed by atoms with Crippen LogP contribution in [0.15, 0.2) is 36.4 Å². The molecule has 45 heavy (non-hydrogen) atoms. The van der Waals surface area contributed by atoms with Crippen molar-refractivity contribution in [2.24, 2.45) is 0 Å². The van der Waals surface area contributed by atoms with Gasteiger partial charge in [-0.25, -0.2) is 17.2 Å². The van der Waals surface area contributed by atoms with Crippen LogP contribution in [0.25, 0.3) is 32.8 Å². The summed E-state index contributed by atoms with van der Waals surface area (Å²) in [6.45, 7) is 4.13. The minimum Gasteiger partial charge on any atom is -0.508 e. The molecule has 4 aromatic rings. The molecule has 0 aliphatic carbocycles. The van der Waals surface area contributed by atoms with E-state index in [1.165, 1.54) is 6.07 Å². The maximum Gasteiger partial charge on any atom is 0.319 e. The fourth-order valence-electron chi connectivity index (χ4n) is 7.47. The van der Waals surface area contributed by atoms with E-state index < -0.39 is 27.4 Å². The Labute approximate surface area is 260 Å². The Bertz CT molecular complexity index is 2000. The van der Waals surface area contributed by atoms with E-state index in [0.29, 0.717) is 64.6 Å². The van der Waals surface area contributed by atoms with Crippen molar-refractivity contribution >= 4 is 37.3 Å². The monoisotopic (exact) mass is 632 g/mol. The molecule has 3 aliphatic heterocycles. The van der Waals surface area contributed by atoms with Crippen LogP contribution in [0.1, 0.15) is 36.8 Å². The minimum absolute atomic E-state index is 0.00727. The molecule has 0 bridgehead atoms. The van der Waals surface area contributed by atoms with Gasteiger partial charge < -0.3 is 14.7 Å². The molecule has 1 N–H and O–H groups in total. The first kappa shape index (κ1) is 29.7. The Kier molecular flexibility index (Phi) is 7.33.